The Kier molecular flexibility index (Phi) is 6.06. The smallest absolute Gasteiger partial charge is 0.341 e. The van der Waals surface area contributed by atoms with Gasteiger partial charge in [0.15, 0.2) is 6.61 Å². The molecule has 0 amide bonds. The zero-order valence-electron chi connectivity index (χ0n) is 12.1. The van der Waals surface area contributed by atoms with Crippen LogP contribution in [0.3, 0.4) is 0 Å². The van der Waals surface area contributed by atoms with Crippen LogP contribution in [0.15, 0.2) is 29.2 Å². The van der Waals surface area contributed by atoms with Crippen LogP contribution in [-0.2, 0) is 14.8 Å². The van der Waals surface area contributed by atoms with Gasteiger partial charge in [-0.25, -0.2) is 17.9 Å². The molecule has 0 saturated heterocycles. The summed E-state index contributed by atoms with van der Waals surface area (Å²) < 4.78 is 31.5. The van der Waals surface area contributed by atoms with Gasteiger partial charge in [0.1, 0.15) is 5.75 Å². The topological polar surface area (TPSA) is 92.7 Å². The molecule has 0 aromatic heterocycles. The SMILES string of the molecule is CSC(C)(C)CNS(=O)(=O)c1ccc(OCC(=O)O)cc1. The quantitative estimate of drug-likeness (QED) is 0.750. The van der Waals surface area contributed by atoms with E-state index in [9.17, 15) is 13.2 Å². The summed E-state index contributed by atoms with van der Waals surface area (Å²) in [6.45, 7) is 3.74. The summed E-state index contributed by atoms with van der Waals surface area (Å²) in [6, 6.07) is 5.62. The van der Waals surface area contributed by atoms with Gasteiger partial charge in [-0.05, 0) is 44.4 Å². The normalized spacial score (nSPS) is 12.1. The van der Waals surface area contributed by atoms with Crippen molar-refractivity contribution in [2.45, 2.75) is 23.5 Å². The second kappa shape index (κ2) is 7.15. The summed E-state index contributed by atoms with van der Waals surface area (Å²) in [5.74, 6) is -0.784. The molecule has 0 aliphatic carbocycles. The third-order valence-corrected chi connectivity index (χ3v) is 5.40. The van der Waals surface area contributed by atoms with Gasteiger partial charge in [-0.1, -0.05) is 0 Å². The number of aliphatic carboxylic acids is 1. The first-order chi connectivity index (χ1) is 9.66. The van der Waals surface area contributed by atoms with Crippen LogP contribution in [-0.4, -0.2) is 43.6 Å². The molecular weight excluding hydrogens is 314 g/mol. The zero-order valence-corrected chi connectivity index (χ0v) is 13.8. The van der Waals surface area contributed by atoms with Gasteiger partial charge in [0.2, 0.25) is 10.0 Å². The molecule has 118 valence electrons. The Labute approximate surface area is 128 Å². The molecular formula is C13H19NO5S2. The van der Waals surface area contributed by atoms with E-state index in [0.29, 0.717) is 12.3 Å². The highest BCUT2D eigenvalue weighted by Crippen LogP contribution is 2.21. The van der Waals surface area contributed by atoms with Crippen molar-refractivity contribution in [3.8, 4) is 5.75 Å². The van der Waals surface area contributed by atoms with Gasteiger partial charge < -0.3 is 9.84 Å². The lowest BCUT2D eigenvalue weighted by molar-refractivity contribution is -0.139. The van der Waals surface area contributed by atoms with Crippen LogP contribution in [0.25, 0.3) is 0 Å². The highest BCUT2D eigenvalue weighted by Gasteiger charge is 2.21. The van der Waals surface area contributed by atoms with Crippen molar-refractivity contribution in [2.75, 3.05) is 19.4 Å². The highest BCUT2D eigenvalue weighted by molar-refractivity contribution is 8.00. The number of hydrogen-bond donors (Lipinski definition) is 2. The summed E-state index contributed by atoms with van der Waals surface area (Å²) in [5, 5.41) is 8.50. The molecule has 0 saturated carbocycles. The second-order valence-electron chi connectivity index (χ2n) is 4.94. The van der Waals surface area contributed by atoms with Crippen LogP contribution < -0.4 is 9.46 Å². The first-order valence-electron chi connectivity index (χ1n) is 6.16. The van der Waals surface area contributed by atoms with Crippen molar-refractivity contribution >= 4 is 27.8 Å². The third kappa shape index (κ3) is 5.94. The lowest BCUT2D eigenvalue weighted by Gasteiger charge is -2.22. The molecule has 1 aromatic rings. The molecule has 0 bridgehead atoms. The van der Waals surface area contributed by atoms with Crippen molar-refractivity contribution in [3.05, 3.63) is 24.3 Å². The zero-order chi connectivity index (χ0) is 16.1. The Hall–Kier alpha value is -1.25. The largest absolute Gasteiger partial charge is 0.482 e. The maximum absolute atomic E-state index is 12.1. The fraction of sp³-hybridized carbons (Fsp3) is 0.462. The molecule has 0 fully saturated rings. The van der Waals surface area contributed by atoms with E-state index in [1.807, 2.05) is 20.1 Å². The Morgan fingerprint density at radius 2 is 1.90 bits per heavy atom. The molecule has 0 atom stereocenters. The average molecular weight is 333 g/mol. The predicted molar refractivity (Wildman–Crippen MR) is 82.4 cm³/mol. The van der Waals surface area contributed by atoms with E-state index in [0.717, 1.165) is 0 Å². The first kappa shape index (κ1) is 17.8. The van der Waals surface area contributed by atoms with Crippen LogP contribution in [0.2, 0.25) is 0 Å². The molecule has 1 aromatic carbocycles. The number of carboxylic acids is 1. The maximum atomic E-state index is 12.1. The number of rotatable bonds is 8. The van der Waals surface area contributed by atoms with Crippen molar-refractivity contribution in [1.82, 2.24) is 4.72 Å². The van der Waals surface area contributed by atoms with Gasteiger partial charge in [-0.3, -0.25) is 0 Å². The molecule has 21 heavy (non-hydrogen) atoms. The summed E-state index contributed by atoms with van der Waals surface area (Å²) in [4.78, 5) is 10.5. The molecule has 0 aliphatic heterocycles. The van der Waals surface area contributed by atoms with Crippen LogP contribution >= 0.6 is 11.8 Å². The van der Waals surface area contributed by atoms with E-state index < -0.39 is 22.6 Å². The lowest BCUT2D eigenvalue weighted by Crippen LogP contribution is -2.36. The van der Waals surface area contributed by atoms with E-state index in [4.69, 9.17) is 9.84 Å². The average Bonchev–Trinajstić information content (AvgIpc) is 2.44. The molecule has 0 spiro atoms. The van der Waals surface area contributed by atoms with Gasteiger partial charge in [-0.15, -0.1) is 0 Å². The Balaban J connectivity index is 2.73. The highest BCUT2D eigenvalue weighted by atomic mass is 32.2. The van der Waals surface area contributed by atoms with E-state index in [1.165, 1.54) is 24.3 Å². The molecule has 0 unspecified atom stereocenters. The number of thioether (sulfide) groups is 1. The fourth-order valence-electron chi connectivity index (χ4n) is 1.28. The molecule has 2 N–H and O–H groups in total. The van der Waals surface area contributed by atoms with Crippen LogP contribution in [0.5, 0.6) is 5.75 Å². The number of hydrogen-bond acceptors (Lipinski definition) is 5. The van der Waals surface area contributed by atoms with Crippen molar-refractivity contribution in [2.24, 2.45) is 0 Å². The second-order valence-corrected chi connectivity index (χ2v) is 8.22. The minimum atomic E-state index is -3.59. The molecule has 0 aliphatic rings. The molecule has 0 radical (unpaired) electrons. The summed E-state index contributed by atoms with van der Waals surface area (Å²) in [5.41, 5.74) is 0. The number of nitrogens with one attached hydrogen (secondary N) is 1. The molecule has 6 nitrogen and oxygen atoms in total. The predicted octanol–water partition coefficient (Wildman–Crippen LogP) is 1.57. The van der Waals surface area contributed by atoms with Gasteiger partial charge in [0.25, 0.3) is 0 Å². The molecule has 1 rings (SSSR count). The minimum absolute atomic E-state index is 0.113. The van der Waals surface area contributed by atoms with Crippen molar-refractivity contribution < 1.29 is 23.1 Å². The number of carboxylic acid groups (broad SMARTS) is 1. The fourth-order valence-corrected chi connectivity index (χ4v) is 2.80. The number of benzene rings is 1. The Bertz CT molecular complexity index is 581. The number of ether oxygens (including phenoxy) is 1. The molecule has 0 heterocycles. The van der Waals surface area contributed by atoms with Gasteiger partial charge in [0, 0.05) is 11.3 Å². The lowest BCUT2D eigenvalue weighted by atomic mass is 10.2. The number of sulfonamides is 1. The monoisotopic (exact) mass is 333 g/mol. The standard InChI is InChI=1S/C13H19NO5S2/c1-13(2,20-3)9-14-21(17,18)11-6-4-10(5-7-11)19-8-12(15)16/h4-7,14H,8-9H2,1-3H3,(H,15,16). The minimum Gasteiger partial charge on any atom is -0.482 e. The van der Waals surface area contributed by atoms with Crippen molar-refractivity contribution in [1.29, 1.82) is 0 Å². The first-order valence-corrected chi connectivity index (χ1v) is 8.86. The van der Waals surface area contributed by atoms with E-state index in [-0.39, 0.29) is 9.64 Å². The van der Waals surface area contributed by atoms with E-state index >= 15 is 0 Å². The van der Waals surface area contributed by atoms with Crippen LogP contribution in [0.1, 0.15) is 13.8 Å². The van der Waals surface area contributed by atoms with Gasteiger partial charge in [0.05, 0.1) is 4.90 Å². The summed E-state index contributed by atoms with van der Waals surface area (Å²) in [6.07, 6.45) is 1.92. The summed E-state index contributed by atoms with van der Waals surface area (Å²) >= 11 is 1.57. The van der Waals surface area contributed by atoms with Crippen molar-refractivity contribution in [3.63, 3.8) is 0 Å². The Morgan fingerprint density at radius 1 is 1.33 bits per heavy atom. The van der Waals surface area contributed by atoms with E-state index in [1.54, 1.807) is 11.8 Å². The van der Waals surface area contributed by atoms with Crippen LogP contribution in [0, 0.1) is 0 Å². The van der Waals surface area contributed by atoms with Gasteiger partial charge >= 0.3 is 5.97 Å². The van der Waals surface area contributed by atoms with E-state index in [2.05, 4.69) is 4.72 Å². The molecule has 8 heteroatoms. The summed E-state index contributed by atoms with van der Waals surface area (Å²) in [7, 11) is -3.59. The number of carbonyl (C=O) groups is 1. The van der Waals surface area contributed by atoms with Gasteiger partial charge in [-0.2, -0.15) is 11.8 Å². The van der Waals surface area contributed by atoms with Crippen LogP contribution in [0.4, 0.5) is 0 Å². The Morgan fingerprint density at radius 3 is 2.38 bits per heavy atom. The third-order valence-electron chi connectivity index (χ3n) is 2.74. The maximum Gasteiger partial charge on any atom is 0.341 e.